The molecule has 2 aromatic rings. The summed E-state index contributed by atoms with van der Waals surface area (Å²) < 4.78 is 7.94. The van der Waals surface area contributed by atoms with Crippen LogP contribution in [0, 0.1) is 0 Å². The molecule has 0 radical (unpaired) electrons. The summed E-state index contributed by atoms with van der Waals surface area (Å²) in [5.74, 6) is -0.409. The Labute approximate surface area is 120 Å². The van der Waals surface area contributed by atoms with Gasteiger partial charge in [0.1, 0.15) is 12.1 Å². The first kappa shape index (κ1) is 14.6. The van der Waals surface area contributed by atoms with Crippen LogP contribution in [0.5, 0.6) is 5.75 Å². The van der Waals surface area contributed by atoms with Gasteiger partial charge in [0.15, 0.2) is 0 Å². The van der Waals surface area contributed by atoms with E-state index in [1.807, 2.05) is 0 Å². The van der Waals surface area contributed by atoms with E-state index in [-0.39, 0.29) is 12.2 Å². The van der Waals surface area contributed by atoms with E-state index in [4.69, 9.17) is 9.84 Å². The lowest BCUT2D eigenvalue weighted by molar-refractivity contribution is -0.131. The van der Waals surface area contributed by atoms with Crippen molar-refractivity contribution >= 4 is 12.0 Å². The predicted octanol–water partition coefficient (Wildman–Crippen LogP) is 0.737. The lowest BCUT2D eigenvalue weighted by atomic mass is 10.1. The van der Waals surface area contributed by atoms with Crippen molar-refractivity contribution in [2.24, 2.45) is 7.05 Å². The van der Waals surface area contributed by atoms with E-state index in [9.17, 15) is 9.59 Å². The number of rotatable bonds is 5. The number of carboxylic acid groups (broad SMARTS) is 1. The summed E-state index contributed by atoms with van der Waals surface area (Å²) >= 11 is 0. The number of hydrogen-bond acceptors (Lipinski definition) is 4. The summed E-state index contributed by atoms with van der Waals surface area (Å²) in [5, 5.41) is 12.6. The lowest BCUT2D eigenvalue weighted by Crippen LogP contribution is -2.23. The van der Waals surface area contributed by atoms with Gasteiger partial charge >= 0.3 is 11.7 Å². The molecule has 0 saturated carbocycles. The standard InChI is InChI=1S/C14H15N3O4/c1-16-9-15-17(14(16)20)8-11-7-10(4-6-13(18)19)3-5-12(11)21-2/h3-7,9H,8H2,1-2H3,(H,18,19)/b6-4+. The summed E-state index contributed by atoms with van der Waals surface area (Å²) in [7, 11) is 3.15. The van der Waals surface area contributed by atoms with Crippen molar-refractivity contribution in [3.8, 4) is 5.75 Å². The Balaban J connectivity index is 2.36. The molecule has 21 heavy (non-hydrogen) atoms. The molecular weight excluding hydrogens is 274 g/mol. The van der Waals surface area contributed by atoms with E-state index in [1.165, 1.54) is 28.8 Å². The molecule has 7 nitrogen and oxygen atoms in total. The maximum atomic E-state index is 11.8. The summed E-state index contributed by atoms with van der Waals surface area (Å²) in [4.78, 5) is 22.4. The first-order valence-corrected chi connectivity index (χ1v) is 6.17. The molecule has 0 fully saturated rings. The molecule has 2 rings (SSSR count). The smallest absolute Gasteiger partial charge is 0.345 e. The van der Waals surface area contributed by atoms with E-state index >= 15 is 0 Å². The Kier molecular flexibility index (Phi) is 4.22. The van der Waals surface area contributed by atoms with Crippen molar-refractivity contribution in [3.63, 3.8) is 0 Å². The summed E-state index contributed by atoms with van der Waals surface area (Å²) in [6, 6.07) is 5.23. The molecule has 0 saturated heterocycles. The van der Waals surface area contributed by atoms with E-state index in [0.29, 0.717) is 11.3 Å². The molecule has 0 spiro atoms. The van der Waals surface area contributed by atoms with Gasteiger partial charge in [-0.2, -0.15) is 5.10 Å². The Morgan fingerprint density at radius 2 is 2.24 bits per heavy atom. The highest BCUT2D eigenvalue weighted by Gasteiger charge is 2.08. The second kappa shape index (κ2) is 6.08. The van der Waals surface area contributed by atoms with Crippen molar-refractivity contribution in [2.75, 3.05) is 7.11 Å². The average molecular weight is 289 g/mol. The minimum Gasteiger partial charge on any atom is -0.496 e. The molecule has 110 valence electrons. The number of carboxylic acids is 1. The fourth-order valence-electron chi connectivity index (χ4n) is 1.88. The average Bonchev–Trinajstić information content (AvgIpc) is 2.77. The second-order valence-corrected chi connectivity index (χ2v) is 4.42. The van der Waals surface area contributed by atoms with Crippen molar-refractivity contribution in [1.82, 2.24) is 14.3 Å². The number of aryl methyl sites for hydroxylation is 1. The molecule has 1 aromatic carbocycles. The van der Waals surface area contributed by atoms with Crippen LogP contribution in [-0.2, 0) is 18.4 Å². The van der Waals surface area contributed by atoms with Gasteiger partial charge in [-0.05, 0) is 23.8 Å². The van der Waals surface area contributed by atoms with Crippen LogP contribution in [0.3, 0.4) is 0 Å². The van der Waals surface area contributed by atoms with E-state index in [1.54, 1.807) is 25.2 Å². The highest BCUT2D eigenvalue weighted by molar-refractivity contribution is 5.85. The van der Waals surface area contributed by atoms with Crippen LogP contribution in [0.4, 0.5) is 0 Å². The van der Waals surface area contributed by atoms with Crippen molar-refractivity contribution in [2.45, 2.75) is 6.54 Å². The molecule has 7 heteroatoms. The highest BCUT2D eigenvalue weighted by atomic mass is 16.5. The quantitative estimate of drug-likeness (QED) is 0.820. The zero-order chi connectivity index (χ0) is 15.4. The molecule has 0 bridgehead atoms. The fraction of sp³-hybridized carbons (Fsp3) is 0.214. The van der Waals surface area contributed by atoms with E-state index in [2.05, 4.69) is 5.10 Å². The third-order valence-corrected chi connectivity index (χ3v) is 2.93. The van der Waals surface area contributed by atoms with Crippen LogP contribution in [0.1, 0.15) is 11.1 Å². The molecule has 1 heterocycles. The Hall–Kier alpha value is -2.83. The van der Waals surface area contributed by atoms with Gasteiger partial charge in [-0.25, -0.2) is 14.3 Å². The number of aliphatic carboxylic acids is 1. The van der Waals surface area contributed by atoms with Gasteiger partial charge in [0.05, 0.1) is 13.7 Å². The van der Waals surface area contributed by atoms with E-state index < -0.39 is 5.97 Å². The minimum absolute atomic E-state index is 0.233. The van der Waals surface area contributed by atoms with Gasteiger partial charge in [0.2, 0.25) is 0 Å². The molecule has 1 N–H and O–H groups in total. The SMILES string of the molecule is COc1ccc(/C=C/C(=O)O)cc1Cn1ncn(C)c1=O. The number of carbonyl (C=O) groups is 1. The largest absolute Gasteiger partial charge is 0.496 e. The van der Waals surface area contributed by atoms with Crippen molar-refractivity contribution in [1.29, 1.82) is 0 Å². The van der Waals surface area contributed by atoms with Crippen LogP contribution < -0.4 is 10.4 Å². The van der Waals surface area contributed by atoms with Gasteiger partial charge < -0.3 is 9.84 Å². The molecule has 0 aliphatic rings. The maximum absolute atomic E-state index is 11.8. The Bertz CT molecular complexity index is 743. The molecule has 0 amide bonds. The zero-order valence-corrected chi connectivity index (χ0v) is 11.7. The molecule has 0 aliphatic carbocycles. The van der Waals surface area contributed by atoms with Crippen LogP contribution >= 0.6 is 0 Å². The van der Waals surface area contributed by atoms with Gasteiger partial charge in [-0.1, -0.05) is 6.07 Å². The number of benzene rings is 1. The molecular formula is C14H15N3O4. The number of methoxy groups -OCH3 is 1. The van der Waals surface area contributed by atoms with Gasteiger partial charge in [-0.15, -0.1) is 0 Å². The fourth-order valence-corrected chi connectivity index (χ4v) is 1.88. The van der Waals surface area contributed by atoms with Crippen LogP contribution in [-0.4, -0.2) is 32.5 Å². The summed E-state index contributed by atoms with van der Waals surface area (Å²) in [5.41, 5.74) is 1.21. The first-order valence-electron chi connectivity index (χ1n) is 6.17. The minimum atomic E-state index is -1.02. The van der Waals surface area contributed by atoms with E-state index in [0.717, 1.165) is 11.6 Å². The molecule has 0 unspecified atom stereocenters. The monoisotopic (exact) mass is 289 g/mol. The van der Waals surface area contributed by atoms with Gasteiger partial charge in [0.25, 0.3) is 0 Å². The molecule has 1 aromatic heterocycles. The topological polar surface area (TPSA) is 86.3 Å². The van der Waals surface area contributed by atoms with Crippen molar-refractivity contribution < 1.29 is 14.6 Å². The van der Waals surface area contributed by atoms with Gasteiger partial charge in [-0.3, -0.25) is 4.57 Å². The second-order valence-electron chi connectivity index (χ2n) is 4.42. The Morgan fingerprint density at radius 3 is 2.81 bits per heavy atom. The first-order chi connectivity index (χ1) is 10.0. The Morgan fingerprint density at radius 1 is 1.48 bits per heavy atom. The maximum Gasteiger partial charge on any atom is 0.345 e. The van der Waals surface area contributed by atoms with Crippen molar-refractivity contribution in [3.05, 3.63) is 52.2 Å². The predicted molar refractivity (Wildman–Crippen MR) is 76.2 cm³/mol. The van der Waals surface area contributed by atoms with Gasteiger partial charge in [0, 0.05) is 18.7 Å². The summed E-state index contributed by atoms with van der Waals surface area (Å²) in [6.45, 7) is 0.248. The third-order valence-electron chi connectivity index (χ3n) is 2.93. The number of ether oxygens (including phenoxy) is 1. The normalized spacial score (nSPS) is 11.0. The molecule has 0 atom stereocenters. The highest BCUT2D eigenvalue weighted by Crippen LogP contribution is 2.21. The zero-order valence-electron chi connectivity index (χ0n) is 11.7. The molecule has 0 aliphatic heterocycles. The number of nitrogens with zero attached hydrogens (tertiary/aromatic N) is 3. The van der Waals surface area contributed by atoms with Crippen LogP contribution in [0.25, 0.3) is 6.08 Å². The third kappa shape index (κ3) is 3.38. The van der Waals surface area contributed by atoms with Crippen LogP contribution in [0.15, 0.2) is 35.4 Å². The number of hydrogen-bond donors (Lipinski definition) is 1. The number of aromatic nitrogens is 3. The van der Waals surface area contributed by atoms with Crippen LogP contribution in [0.2, 0.25) is 0 Å². The summed E-state index contributed by atoms with van der Waals surface area (Å²) in [6.07, 6.45) is 3.97. The lowest BCUT2D eigenvalue weighted by Gasteiger charge is -2.09.